The van der Waals surface area contributed by atoms with Crippen LogP contribution in [0.15, 0.2) is 24.5 Å². The van der Waals surface area contributed by atoms with Crippen molar-refractivity contribution < 1.29 is 19.4 Å². The van der Waals surface area contributed by atoms with Crippen molar-refractivity contribution in [3.05, 3.63) is 24.5 Å². The number of carboxylic acid groups (broad SMARTS) is 1. The summed E-state index contributed by atoms with van der Waals surface area (Å²) in [6.45, 7) is 1.99. The van der Waals surface area contributed by atoms with Gasteiger partial charge < -0.3 is 9.84 Å². The van der Waals surface area contributed by atoms with Crippen LogP contribution < -0.4 is 0 Å². The third-order valence-electron chi connectivity index (χ3n) is 1.30. The molecule has 0 rings (SSSR count). The Bertz CT molecular complexity index is 241. The van der Waals surface area contributed by atoms with Crippen molar-refractivity contribution in [1.29, 1.82) is 0 Å². The summed E-state index contributed by atoms with van der Waals surface area (Å²) in [5.74, 6) is -1.54. The Labute approximate surface area is 82.9 Å². The normalized spacial score (nSPS) is 10.9. The number of ether oxygens (including phenoxy) is 1. The van der Waals surface area contributed by atoms with Gasteiger partial charge in [-0.3, -0.25) is 9.59 Å². The van der Waals surface area contributed by atoms with E-state index in [9.17, 15) is 9.59 Å². The molecule has 0 aliphatic rings. The molecular weight excluding hydrogens is 184 g/mol. The van der Waals surface area contributed by atoms with E-state index < -0.39 is 11.9 Å². The molecule has 0 heterocycles. The molecule has 0 radical (unpaired) electrons. The van der Waals surface area contributed by atoms with Crippen molar-refractivity contribution in [2.45, 2.75) is 26.2 Å². The molecular formula is C10H14O4. The molecule has 0 amide bonds. The zero-order chi connectivity index (χ0) is 10.8. The first-order valence-electron chi connectivity index (χ1n) is 4.39. The van der Waals surface area contributed by atoms with Crippen LogP contribution in [0.5, 0.6) is 0 Å². The van der Waals surface area contributed by atoms with Crippen molar-refractivity contribution >= 4 is 11.9 Å². The van der Waals surface area contributed by atoms with Crippen LogP contribution in [0.25, 0.3) is 0 Å². The number of allylic oxidation sites excluding steroid dienone is 3. The molecule has 0 atom stereocenters. The van der Waals surface area contributed by atoms with Crippen LogP contribution in [0.4, 0.5) is 0 Å². The molecule has 0 aliphatic heterocycles. The van der Waals surface area contributed by atoms with Crippen LogP contribution >= 0.6 is 0 Å². The van der Waals surface area contributed by atoms with Crippen molar-refractivity contribution in [1.82, 2.24) is 0 Å². The summed E-state index contributed by atoms with van der Waals surface area (Å²) in [7, 11) is 0. The zero-order valence-electron chi connectivity index (χ0n) is 8.10. The number of aliphatic carboxylic acids is 1. The Morgan fingerprint density at radius 3 is 2.57 bits per heavy atom. The molecule has 1 N–H and O–H groups in total. The Morgan fingerprint density at radius 2 is 2.00 bits per heavy atom. The summed E-state index contributed by atoms with van der Waals surface area (Å²) in [4.78, 5) is 20.9. The molecule has 0 aromatic carbocycles. The number of hydrogen-bond donors (Lipinski definition) is 1. The predicted octanol–water partition coefficient (Wildman–Crippen LogP) is 1.87. The fourth-order valence-corrected chi connectivity index (χ4v) is 0.643. The molecule has 0 aromatic rings. The van der Waals surface area contributed by atoms with Crippen molar-refractivity contribution in [2.24, 2.45) is 0 Å². The SMILES string of the molecule is CCC=CC=COC(=O)CCC(=O)O. The van der Waals surface area contributed by atoms with Gasteiger partial charge in [0, 0.05) is 0 Å². The van der Waals surface area contributed by atoms with E-state index in [1.807, 2.05) is 13.0 Å². The number of esters is 1. The van der Waals surface area contributed by atoms with Crippen LogP contribution in [-0.4, -0.2) is 17.0 Å². The third-order valence-corrected chi connectivity index (χ3v) is 1.30. The van der Waals surface area contributed by atoms with Gasteiger partial charge >= 0.3 is 11.9 Å². The van der Waals surface area contributed by atoms with E-state index in [1.54, 1.807) is 12.2 Å². The topological polar surface area (TPSA) is 63.6 Å². The lowest BCUT2D eigenvalue weighted by molar-refractivity contribution is -0.144. The molecule has 0 aliphatic carbocycles. The predicted molar refractivity (Wildman–Crippen MR) is 51.5 cm³/mol. The lowest BCUT2D eigenvalue weighted by Crippen LogP contribution is -2.03. The quantitative estimate of drug-likeness (QED) is 0.402. The highest BCUT2D eigenvalue weighted by Gasteiger charge is 2.04. The Kier molecular flexibility index (Phi) is 7.13. The van der Waals surface area contributed by atoms with Gasteiger partial charge in [-0.15, -0.1) is 0 Å². The number of rotatable bonds is 6. The smallest absolute Gasteiger partial charge is 0.311 e. The molecule has 4 heteroatoms. The molecule has 0 saturated heterocycles. The summed E-state index contributed by atoms with van der Waals surface area (Å²) in [5, 5.41) is 8.27. The molecule has 0 aromatic heterocycles. The van der Waals surface area contributed by atoms with Crippen LogP contribution in [0.1, 0.15) is 26.2 Å². The van der Waals surface area contributed by atoms with Gasteiger partial charge in [-0.25, -0.2) is 0 Å². The van der Waals surface area contributed by atoms with E-state index in [0.29, 0.717) is 0 Å². The number of carbonyl (C=O) groups is 2. The average molecular weight is 198 g/mol. The first kappa shape index (κ1) is 12.4. The summed E-state index contributed by atoms with van der Waals surface area (Å²) in [6, 6.07) is 0. The second kappa shape index (κ2) is 8.04. The monoisotopic (exact) mass is 198 g/mol. The summed E-state index contributed by atoms with van der Waals surface area (Å²) >= 11 is 0. The fourth-order valence-electron chi connectivity index (χ4n) is 0.643. The third kappa shape index (κ3) is 8.52. The lowest BCUT2D eigenvalue weighted by Gasteiger charge is -1.94. The van der Waals surface area contributed by atoms with E-state index in [0.717, 1.165) is 6.42 Å². The average Bonchev–Trinajstić information content (AvgIpc) is 2.14. The Morgan fingerprint density at radius 1 is 1.29 bits per heavy atom. The second-order valence-corrected chi connectivity index (χ2v) is 2.55. The number of hydrogen-bond acceptors (Lipinski definition) is 3. The lowest BCUT2D eigenvalue weighted by atomic mass is 10.3. The van der Waals surface area contributed by atoms with Gasteiger partial charge in [-0.05, 0) is 12.5 Å². The first-order valence-corrected chi connectivity index (χ1v) is 4.39. The molecule has 0 fully saturated rings. The summed E-state index contributed by atoms with van der Waals surface area (Å²) in [5.41, 5.74) is 0. The maximum absolute atomic E-state index is 10.8. The largest absolute Gasteiger partial charge is 0.481 e. The van der Waals surface area contributed by atoms with E-state index >= 15 is 0 Å². The highest BCUT2D eigenvalue weighted by molar-refractivity contribution is 5.76. The van der Waals surface area contributed by atoms with E-state index in [-0.39, 0.29) is 12.8 Å². The molecule has 0 unspecified atom stereocenters. The number of carbonyl (C=O) groups excluding carboxylic acids is 1. The van der Waals surface area contributed by atoms with Gasteiger partial charge in [-0.1, -0.05) is 19.1 Å². The minimum absolute atomic E-state index is 0.100. The van der Waals surface area contributed by atoms with Crippen LogP contribution in [0.2, 0.25) is 0 Å². The second-order valence-electron chi connectivity index (χ2n) is 2.55. The van der Waals surface area contributed by atoms with E-state index in [1.165, 1.54) is 6.26 Å². The van der Waals surface area contributed by atoms with E-state index in [4.69, 9.17) is 5.11 Å². The molecule has 0 bridgehead atoms. The van der Waals surface area contributed by atoms with Gasteiger partial charge in [0.2, 0.25) is 0 Å². The molecule has 0 saturated carbocycles. The van der Waals surface area contributed by atoms with Crippen LogP contribution in [0.3, 0.4) is 0 Å². The maximum Gasteiger partial charge on any atom is 0.311 e. The minimum Gasteiger partial charge on any atom is -0.481 e. The van der Waals surface area contributed by atoms with Crippen LogP contribution in [0, 0.1) is 0 Å². The Hall–Kier alpha value is -1.58. The molecule has 0 spiro atoms. The van der Waals surface area contributed by atoms with Crippen molar-refractivity contribution in [3.8, 4) is 0 Å². The minimum atomic E-state index is -1.00. The zero-order valence-corrected chi connectivity index (χ0v) is 8.10. The van der Waals surface area contributed by atoms with Gasteiger partial charge in [0.1, 0.15) is 0 Å². The van der Waals surface area contributed by atoms with Crippen LogP contribution in [-0.2, 0) is 14.3 Å². The molecule has 14 heavy (non-hydrogen) atoms. The summed E-state index contributed by atoms with van der Waals surface area (Å²) < 4.78 is 4.60. The fraction of sp³-hybridized carbons (Fsp3) is 0.400. The summed E-state index contributed by atoms with van der Waals surface area (Å²) in [6.07, 6.45) is 7.11. The number of carboxylic acids is 1. The van der Waals surface area contributed by atoms with Crippen molar-refractivity contribution in [3.63, 3.8) is 0 Å². The standard InChI is InChI=1S/C10H14O4/c1-2-3-4-5-8-14-10(13)7-6-9(11)12/h3-5,8H,2,6-7H2,1H3,(H,11,12). The molecule has 4 nitrogen and oxygen atoms in total. The highest BCUT2D eigenvalue weighted by Crippen LogP contribution is 1.93. The van der Waals surface area contributed by atoms with Crippen molar-refractivity contribution in [2.75, 3.05) is 0 Å². The van der Waals surface area contributed by atoms with Gasteiger partial charge in [0.05, 0.1) is 19.1 Å². The Balaban J connectivity index is 3.58. The first-order chi connectivity index (χ1) is 6.66. The van der Waals surface area contributed by atoms with Gasteiger partial charge in [0.15, 0.2) is 0 Å². The van der Waals surface area contributed by atoms with Gasteiger partial charge in [-0.2, -0.15) is 0 Å². The van der Waals surface area contributed by atoms with E-state index in [2.05, 4.69) is 4.74 Å². The maximum atomic E-state index is 10.8. The van der Waals surface area contributed by atoms with Gasteiger partial charge in [0.25, 0.3) is 0 Å². The molecule has 78 valence electrons. The highest BCUT2D eigenvalue weighted by atomic mass is 16.5.